The molecule has 0 bridgehead atoms. The van der Waals surface area contributed by atoms with Gasteiger partial charge in [-0.25, -0.2) is 14.8 Å². The van der Waals surface area contributed by atoms with Gasteiger partial charge in [0.2, 0.25) is 11.9 Å². The highest BCUT2D eigenvalue weighted by Crippen LogP contribution is 2.38. The fourth-order valence-electron chi connectivity index (χ4n) is 5.44. The number of aryl methyl sites for hydroxylation is 2. The number of nitrogens with one attached hydrogen (secondary N) is 3. The van der Waals surface area contributed by atoms with Crippen LogP contribution in [0.5, 0.6) is 0 Å². The molecule has 1 amide bonds. The Labute approximate surface area is 273 Å². The Bertz CT molecular complexity index is 2090. The average molecular weight is 650 g/mol. The molecule has 13 heteroatoms. The Hall–Kier alpha value is -5.69. The normalized spacial score (nSPS) is 12.1. The molecule has 0 radical (unpaired) electrons. The molecule has 0 unspecified atom stereocenters. The molecule has 3 heterocycles. The third-order valence-electron chi connectivity index (χ3n) is 7.55. The number of anilines is 2. The van der Waals surface area contributed by atoms with Gasteiger partial charge in [0.05, 0.1) is 25.3 Å². The topological polar surface area (TPSA) is 161 Å². The van der Waals surface area contributed by atoms with Gasteiger partial charge in [-0.1, -0.05) is 59.7 Å². The minimum absolute atomic E-state index is 0.0148. The predicted octanol–water partition coefficient (Wildman–Crippen LogP) is 4.21. The number of benzene rings is 2. The largest absolute Gasteiger partial charge is 0.466 e. The Morgan fingerprint density at radius 2 is 1.68 bits per heavy atom. The van der Waals surface area contributed by atoms with Crippen LogP contribution in [0.25, 0.3) is 18.0 Å². The highest BCUT2D eigenvalue weighted by molar-refractivity contribution is 7.13. The first-order chi connectivity index (χ1) is 22.7. The first-order valence-corrected chi connectivity index (χ1v) is 15.8. The van der Waals surface area contributed by atoms with Gasteiger partial charge in [-0.05, 0) is 43.0 Å². The van der Waals surface area contributed by atoms with Crippen molar-refractivity contribution in [2.75, 3.05) is 23.8 Å². The molecule has 0 aliphatic heterocycles. The lowest BCUT2D eigenvalue weighted by atomic mass is 9.82. The summed E-state index contributed by atoms with van der Waals surface area (Å²) in [5, 5.41) is 7.53. The summed E-state index contributed by atoms with van der Waals surface area (Å²) in [6.07, 6.45) is 7.11. The van der Waals surface area contributed by atoms with Crippen molar-refractivity contribution < 1.29 is 14.3 Å². The van der Waals surface area contributed by atoms with Gasteiger partial charge in [0.1, 0.15) is 5.82 Å². The number of nitrogens with zero attached hydrogens (tertiary/aromatic N) is 4. The summed E-state index contributed by atoms with van der Waals surface area (Å²) >= 11 is 1.19. The maximum Gasteiger partial charge on any atom is 0.334 e. The number of amides is 1. The molecule has 0 saturated heterocycles. The van der Waals surface area contributed by atoms with Crippen LogP contribution >= 0.6 is 11.3 Å². The summed E-state index contributed by atoms with van der Waals surface area (Å²) < 4.78 is 6.20. The van der Waals surface area contributed by atoms with E-state index in [4.69, 9.17) is 4.74 Å². The monoisotopic (exact) mass is 649 g/mol. The molecular weight excluding hydrogens is 618 g/mol. The van der Waals surface area contributed by atoms with Crippen LogP contribution in [0.2, 0.25) is 0 Å². The first-order valence-electron chi connectivity index (χ1n) is 14.9. The van der Waals surface area contributed by atoms with Crippen molar-refractivity contribution in [3.8, 4) is 5.82 Å². The highest BCUT2D eigenvalue weighted by atomic mass is 32.1. The van der Waals surface area contributed by atoms with Crippen LogP contribution in [0.15, 0.2) is 69.8 Å². The predicted molar refractivity (Wildman–Crippen MR) is 180 cm³/mol. The zero-order chi connectivity index (χ0) is 33.1. The van der Waals surface area contributed by atoms with E-state index in [1.807, 2.05) is 38.1 Å². The van der Waals surface area contributed by atoms with Crippen molar-refractivity contribution in [3.63, 3.8) is 0 Å². The third-order valence-corrected chi connectivity index (χ3v) is 8.36. The maximum absolute atomic E-state index is 13.5. The van der Waals surface area contributed by atoms with Crippen molar-refractivity contribution in [1.82, 2.24) is 24.5 Å². The van der Waals surface area contributed by atoms with E-state index in [9.17, 15) is 19.2 Å². The Kier molecular flexibility index (Phi) is 8.89. The zero-order valence-corrected chi connectivity index (χ0v) is 26.7. The van der Waals surface area contributed by atoms with Crippen LogP contribution in [0.4, 0.5) is 11.1 Å². The number of aromatic nitrogens is 5. The molecule has 1 aliphatic carbocycles. The smallest absolute Gasteiger partial charge is 0.334 e. The number of H-pyrrole nitrogens is 1. The molecule has 5 aromatic rings. The van der Waals surface area contributed by atoms with Crippen LogP contribution in [0, 0.1) is 13.8 Å². The van der Waals surface area contributed by atoms with Crippen LogP contribution in [0.3, 0.4) is 0 Å². The molecule has 0 saturated carbocycles. The maximum atomic E-state index is 13.5. The summed E-state index contributed by atoms with van der Waals surface area (Å²) in [6.45, 7) is 5.85. The summed E-state index contributed by atoms with van der Waals surface area (Å²) in [6, 6.07) is 13.8. The second-order valence-electron chi connectivity index (χ2n) is 11.0. The van der Waals surface area contributed by atoms with Crippen LogP contribution < -0.4 is 21.9 Å². The molecule has 238 valence electrons. The van der Waals surface area contributed by atoms with E-state index in [0.717, 1.165) is 33.4 Å². The average Bonchev–Trinajstić information content (AvgIpc) is 3.41. The molecule has 0 spiro atoms. The Morgan fingerprint density at radius 1 is 0.979 bits per heavy atom. The van der Waals surface area contributed by atoms with Gasteiger partial charge >= 0.3 is 11.7 Å². The van der Waals surface area contributed by atoms with Crippen molar-refractivity contribution >= 4 is 46.4 Å². The summed E-state index contributed by atoms with van der Waals surface area (Å²) in [4.78, 5) is 66.2. The highest BCUT2D eigenvalue weighted by Gasteiger charge is 2.27. The number of ether oxygens (including phenoxy) is 1. The van der Waals surface area contributed by atoms with Gasteiger partial charge in [0.25, 0.3) is 5.56 Å². The number of carbonyl (C=O) groups is 2. The van der Waals surface area contributed by atoms with Gasteiger partial charge in [-0.15, -0.1) is 11.3 Å². The second-order valence-corrected chi connectivity index (χ2v) is 11.9. The number of hydrogen-bond acceptors (Lipinski definition) is 10. The molecular formula is C34H31N7O5S. The SMILES string of the molecule is CCOC(=O)Cc1csc(NC(=O)CNc2nccc(-n3cc(C4c5ccc(C)cc5C=Cc5cc(C)ccc54)c(=O)[nH]c3=O)n2)n1. The van der Waals surface area contributed by atoms with E-state index in [2.05, 4.69) is 54.9 Å². The van der Waals surface area contributed by atoms with Gasteiger partial charge in [0.15, 0.2) is 5.13 Å². The first kappa shape index (κ1) is 31.3. The minimum atomic E-state index is -0.663. The van der Waals surface area contributed by atoms with E-state index in [0.29, 0.717) is 16.4 Å². The van der Waals surface area contributed by atoms with E-state index in [-0.39, 0.29) is 31.3 Å². The van der Waals surface area contributed by atoms with Crippen molar-refractivity contribution in [1.29, 1.82) is 0 Å². The number of esters is 1. The lowest BCUT2D eigenvalue weighted by Crippen LogP contribution is -2.33. The van der Waals surface area contributed by atoms with Gasteiger partial charge < -0.3 is 15.4 Å². The number of fused-ring (bicyclic) bond motifs is 2. The fourth-order valence-corrected chi connectivity index (χ4v) is 6.17. The molecule has 47 heavy (non-hydrogen) atoms. The quantitative estimate of drug-likeness (QED) is 0.195. The van der Waals surface area contributed by atoms with Gasteiger partial charge in [0, 0.05) is 35.3 Å². The minimum Gasteiger partial charge on any atom is -0.466 e. The van der Waals surface area contributed by atoms with Gasteiger partial charge in [-0.2, -0.15) is 4.98 Å². The number of hydrogen-bond donors (Lipinski definition) is 3. The third kappa shape index (κ3) is 6.94. The number of carbonyl (C=O) groups excluding carboxylic acids is 2. The Morgan fingerprint density at radius 3 is 2.36 bits per heavy atom. The second kappa shape index (κ2) is 13.3. The molecule has 0 atom stereocenters. The van der Waals surface area contributed by atoms with Gasteiger partial charge in [-0.3, -0.25) is 23.9 Å². The number of aromatic amines is 1. The van der Waals surface area contributed by atoms with E-state index in [1.54, 1.807) is 18.4 Å². The Balaban J connectivity index is 1.26. The summed E-state index contributed by atoms with van der Waals surface area (Å²) in [5.41, 5.74) is 5.75. The van der Waals surface area contributed by atoms with E-state index >= 15 is 0 Å². The molecule has 2 aromatic carbocycles. The molecule has 1 aliphatic rings. The van der Waals surface area contributed by atoms with Crippen LogP contribution in [-0.4, -0.2) is 49.5 Å². The molecule has 6 rings (SSSR count). The van der Waals surface area contributed by atoms with E-state index in [1.165, 1.54) is 28.3 Å². The lowest BCUT2D eigenvalue weighted by Gasteiger charge is -2.21. The van der Waals surface area contributed by atoms with Crippen LogP contribution in [0.1, 0.15) is 57.5 Å². The molecule has 0 fully saturated rings. The molecule has 3 aromatic heterocycles. The molecule has 3 N–H and O–H groups in total. The van der Waals surface area contributed by atoms with Crippen LogP contribution in [-0.2, 0) is 20.7 Å². The number of thiazole rings is 1. The van der Waals surface area contributed by atoms with E-state index < -0.39 is 29.0 Å². The zero-order valence-electron chi connectivity index (χ0n) is 25.9. The summed E-state index contributed by atoms with van der Waals surface area (Å²) in [5.74, 6) is -0.967. The van der Waals surface area contributed by atoms with Crippen molar-refractivity contribution in [3.05, 3.63) is 126 Å². The standard InChI is InChI=1S/C34H31N7O5S/c1-4-46-29(43)15-23-18-47-33(37-23)39-28(42)16-36-32-35-12-11-27(38-32)41-17-26(31(44)40-34(41)45)30-24-9-5-19(2)13-21(24)7-8-22-14-20(3)6-10-25(22)30/h5-14,17-18,30H,4,15-16H2,1-3H3,(H,35,36,38)(H,37,39,42)(H,40,44,45). The molecule has 12 nitrogen and oxygen atoms in total. The number of rotatable bonds is 9. The summed E-state index contributed by atoms with van der Waals surface area (Å²) in [7, 11) is 0. The van der Waals surface area contributed by atoms with Crippen molar-refractivity contribution in [2.45, 2.75) is 33.1 Å². The van der Waals surface area contributed by atoms with Crippen molar-refractivity contribution in [2.24, 2.45) is 0 Å². The fraction of sp³-hybridized carbons (Fsp3) is 0.206. The lowest BCUT2D eigenvalue weighted by molar-refractivity contribution is -0.142.